The average Bonchev–Trinajstić information content (AvgIpc) is 2.77. The van der Waals surface area contributed by atoms with Crippen LogP contribution in [0.2, 0.25) is 0 Å². The molecule has 0 aliphatic heterocycles. The van der Waals surface area contributed by atoms with Gasteiger partial charge in [-0.1, -0.05) is 12.8 Å². The summed E-state index contributed by atoms with van der Waals surface area (Å²) in [5.74, 6) is 0.624. The molecule has 2 rings (SSSR count). The highest BCUT2D eigenvalue weighted by molar-refractivity contribution is 5.39. The maximum atomic E-state index is 5.82. The fraction of sp³-hybridized carbons (Fsp3) is 0.750. The van der Waals surface area contributed by atoms with E-state index in [1.165, 1.54) is 25.7 Å². The third kappa shape index (κ3) is 2.55. The van der Waals surface area contributed by atoms with Crippen molar-refractivity contribution in [2.24, 2.45) is 11.7 Å². The molecular weight excluding hydrogens is 200 g/mol. The summed E-state index contributed by atoms with van der Waals surface area (Å²) in [4.78, 5) is 0. The number of hydrogen-bond acceptors (Lipinski definition) is 3. The van der Waals surface area contributed by atoms with Crippen molar-refractivity contribution in [1.82, 2.24) is 9.78 Å². The molecule has 16 heavy (non-hydrogen) atoms. The summed E-state index contributed by atoms with van der Waals surface area (Å²) in [6.45, 7) is 3.81. The molecule has 1 aromatic rings. The van der Waals surface area contributed by atoms with E-state index >= 15 is 0 Å². The van der Waals surface area contributed by atoms with Crippen LogP contribution in [0.15, 0.2) is 12.4 Å². The zero-order valence-corrected chi connectivity index (χ0v) is 10.0. The molecule has 1 heterocycles. The van der Waals surface area contributed by atoms with E-state index in [0.29, 0.717) is 12.0 Å². The number of aromatic nitrogens is 2. The van der Waals surface area contributed by atoms with Crippen LogP contribution in [0.1, 0.15) is 32.6 Å². The van der Waals surface area contributed by atoms with Gasteiger partial charge in [0.05, 0.1) is 11.9 Å². The number of nitrogens with one attached hydrogen (secondary N) is 1. The first kappa shape index (κ1) is 11.5. The minimum atomic E-state index is 0.535. The summed E-state index contributed by atoms with van der Waals surface area (Å²) in [7, 11) is 0. The van der Waals surface area contributed by atoms with Crippen molar-refractivity contribution in [1.29, 1.82) is 0 Å². The van der Waals surface area contributed by atoms with Crippen LogP contribution in [0.3, 0.4) is 0 Å². The maximum Gasteiger partial charge on any atom is 0.0728 e. The number of rotatable bonds is 4. The molecule has 0 saturated heterocycles. The Kier molecular flexibility index (Phi) is 3.83. The Morgan fingerprint density at radius 3 is 3.00 bits per heavy atom. The highest BCUT2D eigenvalue weighted by Gasteiger charge is 2.23. The third-order valence-corrected chi connectivity index (χ3v) is 3.52. The van der Waals surface area contributed by atoms with Gasteiger partial charge in [0.1, 0.15) is 0 Å². The largest absolute Gasteiger partial charge is 0.379 e. The molecule has 90 valence electrons. The Bertz CT molecular complexity index is 321. The second-order valence-corrected chi connectivity index (χ2v) is 4.62. The smallest absolute Gasteiger partial charge is 0.0728 e. The topological polar surface area (TPSA) is 55.9 Å². The van der Waals surface area contributed by atoms with Gasteiger partial charge >= 0.3 is 0 Å². The van der Waals surface area contributed by atoms with E-state index in [1.54, 1.807) is 0 Å². The maximum absolute atomic E-state index is 5.82. The minimum absolute atomic E-state index is 0.535. The molecule has 0 amide bonds. The van der Waals surface area contributed by atoms with E-state index in [4.69, 9.17) is 5.73 Å². The molecule has 3 N–H and O–H groups in total. The Morgan fingerprint density at radius 1 is 1.50 bits per heavy atom. The fourth-order valence-corrected chi connectivity index (χ4v) is 2.50. The van der Waals surface area contributed by atoms with E-state index in [9.17, 15) is 0 Å². The number of aryl methyl sites for hydroxylation is 1. The lowest BCUT2D eigenvalue weighted by Gasteiger charge is -2.31. The van der Waals surface area contributed by atoms with Crippen LogP contribution in [0.5, 0.6) is 0 Å². The molecule has 2 atom stereocenters. The molecule has 4 nitrogen and oxygen atoms in total. The zero-order valence-electron chi connectivity index (χ0n) is 10.0. The normalized spacial score (nSPS) is 25.6. The Hall–Kier alpha value is -1.03. The summed E-state index contributed by atoms with van der Waals surface area (Å²) in [6.07, 6.45) is 9.12. The molecule has 4 heteroatoms. The minimum Gasteiger partial charge on any atom is -0.379 e. The monoisotopic (exact) mass is 222 g/mol. The molecule has 1 aromatic heterocycles. The lowest BCUT2D eigenvalue weighted by atomic mass is 9.84. The van der Waals surface area contributed by atoms with Crippen LogP contribution >= 0.6 is 0 Å². The van der Waals surface area contributed by atoms with Crippen LogP contribution in [0, 0.1) is 5.92 Å². The molecule has 0 aromatic carbocycles. The van der Waals surface area contributed by atoms with Gasteiger partial charge in [-0.2, -0.15) is 5.10 Å². The van der Waals surface area contributed by atoms with Gasteiger partial charge in [-0.05, 0) is 32.2 Å². The van der Waals surface area contributed by atoms with Crippen molar-refractivity contribution in [3.63, 3.8) is 0 Å². The van der Waals surface area contributed by atoms with Gasteiger partial charge < -0.3 is 11.1 Å². The third-order valence-electron chi connectivity index (χ3n) is 3.52. The summed E-state index contributed by atoms with van der Waals surface area (Å²) in [5.41, 5.74) is 6.95. The SMILES string of the molecule is CCn1cc(NC2CCCCC2CN)cn1. The lowest BCUT2D eigenvalue weighted by Crippen LogP contribution is -2.36. The van der Waals surface area contributed by atoms with E-state index in [-0.39, 0.29) is 0 Å². The number of nitrogens with two attached hydrogens (primary N) is 1. The predicted molar refractivity (Wildman–Crippen MR) is 66.3 cm³/mol. The fourth-order valence-electron chi connectivity index (χ4n) is 2.50. The molecule has 1 saturated carbocycles. The van der Waals surface area contributed by atoms with Crippen LogP contribution < -0.4 is 11.1 Å². The Labute approximate surface area is 97.2 Å². The molecule has 0 radical (unpaired) electrons. The van der Waals surface area contributed by atoms with Gasteiger partial charge in [0, 0.05) is 18.8 Å². The molecule has 2 unspecified atom stereocenters. The van der Waals surface area contributed by atoms with Crippen molar-refractivity contribution >= 4 is 5.69 Å². The first-order chi connectivity index (χ1) is 7.83. The van der Waals surface area contributed by atoms with Crippen LogP contribution in [0.25, 0.3) is 0 Å². The first-order valence-electron chi connectivity index (χ1n) is 6.32. The summed E-state index contributed by atoms with van der Waals surface area (Å²) >= 11 is 0. The van der Waals surface area contributed by atoms with Gasteiger partial charge in [0.2, 0.25) is 0 Å². The van der Waals surface area contributed by atoms with Gasteiger partial charge in [-0.25, -0.2) is 0 Å². The Balaban J connectivity index is 1.96. The highest BCUT2D eigenvalue weighted by atomic mass is 15.3. The molecule has 1 fully saturated rings. The van der Waals surface area contributed by atoms with E-state index in [1.807, 2.05) is 10.9 Å². The van der Waals surface area contributed by atoms with Crippen molar-refractivity contribution in [2.75, 3.05) is 11.9 Å². The van der Waals surface area contributed by atoms with Crippen LogP contribution in [-0.4, -0.2) is 22.4 Å². The van der Waals surface area contributed by atoms with Crippen LogP contribution in [-0.2, 0) is 6.54 Å². The average molecular weight is 222 g/mol. The van der Waals surface area contributed by atoms with Gasteiger partial charge in [0.15, 0.2) is 0 Å². The van der Waals surface area contributed by atoms with Crippen molar-refractivity contribution in [3.8, 4) is 0 Å². The van der Waals surface area contributed by atoms with Gasteiger partial charge in [-0.15, -0.1) is 0 Å². The molecule has 1 aliphatic carbocycles. The van der Waals surface area contributed by atoms with Gasteiger partial charge in [-0.3, -0.25) is 4.68 Å². The van der Waals surface area contributed by atoms with Crippen molar-refractivity contribution < 1.29 is 0 Å². The zero-order chi connectivity index (χ0) is 11.4. The number of anilines is 1. The number of nitrogens with zero attached hydrogens (tertiary/aromatic N) is 2. The quantitative estimate of drug-likeness (QED) is 0.817. The van der Waals surface area contributed by atoms with E-state index in [2.05, 4.69) is 23.5 Å². The lowest BCUT2D eigenvalue weighted by molar-refractivity contribution is 0.332. The van der Waals surface area contributed by atoms with Gasteiger partial charge in [0.25, 0.3) is 0 Å². The summed E-state index contributed by atoms with van der Waals surface area (Å²) in [6, 6.07) is 0.535. The van der Waals surface area contributed by atoms with E-state index in [0.717, 1.165) is 18.8 Å². The number of hydrogen-bond donors (Lipinski definition) is 2. The summed E-state index contributed by atoms with van der Waals surface area (Å²) in [5, 5.41) is 7.85. The second-order valence-electron chi connectivity index (χ2n) is 4.62. The standard InChI is InChI=1S/C12H22N4/c1-2-16-9-11(8-14-16)15-12-6-4-3-5-10(12)7-13/h8-10,12,15H,2-7,13H2,1H3. The Morgan fingerprint density at radius 2 is 2.31 bits per heavy atom. The van der Waals surface area contributed by atoms with E-state index < -0.39 is 0 Å². The predicted octanol–water partition coefficient (Wildman–Crippen LogP) is 1.83. The molecule has 0 bridgehead atoms. The molecule has 0 spiro atoms. The van der Waals surface area contributed by atoms with Crippen LogP contribution in [0.4, 0.5) is 5.69 Å². The highest BCUT2D eigenvalue weighted by Crippen LogP contribution is 2.26. The first-order valence-corrected chi connectivity index (χ1v) is 6.32. The second kappa shape index (κ2) is 5.34. The molecular formula is C12H22N4. The van der Waals surface area contributed by atoms with Crippen molar-refractivity contribution in [2.45, 2.75) is 45.2 Å². The van der Waals surface area contributed by atoms with Crippen molar-refractivity contribution in [3.05, 3.63) is 12.4 Å². The molecule has 1 aliphatic rings. The summed E-state index contributed by atoms with van der Waals surface area (Å²) < 4.78 is 1.95.